The Morgan fingerprint density at radius 3 is 2.53 bits per heavy atom. The second-order valence-corrected chi connectivity index (χ2v) is 4.00. The van der Waals surface area contributed by atoms with Crippen molar-refractivity contribution in [2.24, 2.45) is 0 Å². The Balaban J connectivity index is 2.76. The van der Waals surface area contributed by atoms with Crippen LogP contribution in [0.5, 0.6) is 0 Å². The molecule has 1 aromatic carbocycles. The van der Waals surface area contributed by atoms with Crippen LogP contribution in [-0.4, -0.2) is 16.1 Å². The number of aldehydes is 1. The SMILES string of the molecule is Cc1nn(-c2c(F)cccc2C=O)c(C)c1C. The number of benzene rings is 1. The number of hydrogen-bond acceptors (Lipinski definition) is 2. The number of rotatable bonds is 2. The zero-order valence-electron chi connectivity index (χ0n) is 9.99. The highest BCUT2D eigenvalue weighted by Crippen LogP contribution is 2.21. The van der Waals surface area contributed by atoms with Gasteiger partial charge in [-0.1, -0.05) is 6.07 Å². The first-order valence-corrected chi connectivity index (χ1v) is 5.33. The fourth-order valence-corrected chi connectivity index (χ4v) is 1.79. The van der Waals surface area contributed by atoms with Gasteiger partial charge in [0.2, 0.25) is 0 Å². The molecule has 4 heteroatoms. The Morgan fingerprint density at radius 1 is 1.29 bits per heavy atom. The molecule has 0 unspecified atom stereocenters. The fourth-order valence-electron chi connectivity index (χ4n) is 1.79. The molecule has 0 aliphatic heterocycles. The maximum atomic E-state index is 13.8. The molecular weight excluding hydrogens is 219 g/mol. The van der Waals surface area contributed by atoms with E-state index in [1.165, 1.54) is 16.8 Å². The van der Waals surface area contributed by atoms with E-state index in [-0.39, 0.29) is 5.69 Å². The number of aryl methyl sites for hydroxylation is 1. The third kappa shape index (κ3) is 1.75. The molecule has 0 aliphatic carbocycles. The predicted molar refractivity (Wildman–Crippen MR) is 63.1 cm³/mol. The van der Waals surface area contributed by atoms with Crippen molar-refractivity contribution in [2.45, 2.75) is 20.8 Å². The summed E-state index contributed by atoms with van der Waals surface area (Å²) in [6, 6.07) is 4.42. The van der Waals surface area contributed by atoms with Crippen LogP contribution in [0.2, 0.25) is 0 Å². The van der Waals surface area contributed by atoms with Gasteiger partial charge >= 0.3 is 0 Å². The van der Waals surface area contributed by atoms with Gasteiger partial charge in [0, 0.05) is 11.3 Å². The number of carbonyl (C=O) groups excluding carboxylic acids is 1. The minimum Gasteiger partial charge on any atom is -0.298 e. The van der Waals surface area contributed by atoms with Gasteiger partial charge in [-0.25, -0.2) is 9.07 Å². The van der Waals surface area contributed by atoms with E-state index in [4.69, 9.17) is 0 Å². The molecule has 0 amide bonds. The molecule has 17 heavy (non-hydrogen) atoms. The lowest BCUT2D eigenvalue weighted by molar-refractivity contribution is 0.112. The Morgan fingerprint density at radius 2 is 2.00 bits per heavy atom. The van der Waals surface area contributed by atoms with Crippen LogP contribution in [0.4, 0.5) is 4.39 Å². The monoisotopic (exact) mass is 232 g/mol. The minimum atomic E-state index is -0.444. The third-order valence-electron chi connectivity index (χ3n) is 3.01. The zero-order valence-corrected chi connectivity index (χ0v) is 9.99. The van der Waals surface area contributed by atoms with Gasteiger partial charge in [-0.05, 0) is 38.5 Å². The summed E-state index contributed by atoms with van der Waals surface area (Å²) in [5.41, 5.74) is 3.20. The van der Waals surface area contributed by atoms with Crippen molar-refractivity contribution < 1.29 is 9.18 Å². The lowest BCUT2D eigenvalue weighted by atomic mass is 10.1. The maximum absolute atomic E-state index is 13.8. The van der Waals surface area contributed by atoms with Crippen LogP contribution >= 0.6 is 0 Å². The molecule has 0 bridgehead atoms. The fraction of sp³-hybridized carbons (Fsp3) is 0.231. The number of para-hydroxylation sites is 1. The molecule has 0 saturated carbocycles. The van der Waals surface area contributed by atoms with E-state index < -0.39 is 5.82 Å². The van der Waals surface area contributed by atoms with Crippen molar-refractivity contribution >= 4 is 6.29 Å². The van der Waals surface area contributed by atoms with Gasteiger partial charge in [0.25, 0.3) is 0 Å². The average Bonchev–Trinajstić information content (AvgIpc) is 2.56. The molecule has 0 atom stereocenters. The van der Waals surface area contributed by atoms with Crippen molar-refractivity contribution in [3.05, 3.63) is 46.5 Å². The van der Waals surface area contributed by atoms with E-state index in [9.17, 15) is 9.18 Å². The summed E-state index contributed by atoms with van der Waals surface area (Å²) < 4.78 is 15.3. The van der Waals surface area contributed by atoms with Crippen molar-refractivity contribution in [3.8, 4) is 5.69 Å². The Kier molecular flexibility index (Phi) is 2.79. The molecule has 0 N–H and O–H groups in total. The third-order valence-corrected chi connectivity index (χ3v) is 3.01. The summed E-state index contributed by atoms with van der Waals surface area (Å²) in [4.78, 5) is 10.9. The number of hydrogen-bond donors (Lipinski definition) is 0. The van der Waals surface area contributed by atoms with Gasteiger partial charge in [-0.3, -0.25) is 4.79 Å². The van der Waals surface area contributed by atoms with Crippen molar-refractivity contribution in [1.29, 1.82) is 0 Å². The Bertz CT molecular complexity index is 587. The molecule has 0 spiro atoms. The first-order chi connectivity index (χ1) is 8.06. The zero-order chi connectivity index (χ0) is 12.6. The summed E-state index contributed by atoms with van der Waals surface area (Å²) >= 11 is 0. The van der Waals surface area contributed by atoms with Crippen LogP contribution in [0.3, 0.4) is 0 Å². The van der Waals surface area contributed by atoms with Gasteiger partial charge in [0.05, 0.1) is 5.69 Å². The van der Waals surface area contributed by atoms with E-state index in [2.05, 4.69) is 5.10 Å². The molecule has 3 nitrogen and oxygen atoms in total. The number of halogens is 1. The number of nitrogens with zero attached hydrogens (tertiary/aromatic N) is 2. The lowest BCUT2D eigenvalue weighted by Gasteiger charge is -2.08. The normalized spacial score (nSPS) is 10.6. The van der Waals surface area contributed by atoms with Crippen LogP contribution in [0.15, 0.2) is 18.2 Å². The van der Waals surface area contributed by atoms with Gasteiger partial charge in [0.15, 0.2) is 6.29 Å². The van der Waals surface area contributed by atoms with Gasteiger partial charge in [-0.15, -0.1) is 0 Å². The molecule has 2 rings (SSSR count). The highest BCUT2D eigenvalue weighted by Gasteiger charge is 2.15. The summed E-state index contributed by atoms with van der Waals surface area (Å²) in [7, 11) is 0. The minimum absolute atomic E-state index is 0.219. The van der Waals surface area contributed by atoms with Crippen LogP contribution in [0.1, 0.15) is 27.3 Å². The smallest absolute Gasteiger partial charge is 0.152 e. The summed E-state index contributed by atoms with van der Waals surface area (Å²) in [6.45, 7) is 5.65. The first-order valence-electron chi connectivity index (χ1n) is 5.33. The first kappa shape index (κ1) is 11.5. The van der Waals surface area contributed by atoms with Gasteiger partial charge in [-0.2, -0.15) is 5.10 Å². The highest BCUT2D eigenvalue weighted by molar-refractivity contribution is 5.81. The van der Waals surface area contributed by atoms with Gasteiger partial charge in [0.1, 0.15) is 11.5 Å². The lowest BCUT2D eigenvalue weighted by Crippen LogP contribution is -2.06. The van der Waals surface area contributed by atoms with E-state index in [1.54, 1.807) is 6.07 Å². The van der Waals surface area contributed by atoms with Crippen LogP contribution in [0.25, 0.3) is 5.69 Å². The standard InChI is InChI=1S/C13H13FN2O/c1-8-9(2)15-16(10(8)3)13-11(7-17)5-4-6-12(13)14/h4-7H,1-3H3. The second-order valence-electron chi connectivity index (χ2n) is 4.00. The van der Waals surface area contributed by atoms with Crippen molar-refractivity contribution in [2.75, 3.05) is 0 Å². The topological polar surface area (TPSA) is 34.9 Å². The summed E-state index contributed by atoms with van der Waals surface area (Å²) in [6.07, 6.45) is 0.643. The van der Waals surface area contributed by atoms with E-state index >= 15 is 0 Å². The Hall–Kier alpha value is -1.97. The molecular formula is C13H13FN2O. The van der Waals surface area contributed by atoms with Crippen molar-refractivity contribution in [1.82, 2.24) is 9.78 Å². The van der Waals surface area contributed by atoms with Crippen LogP contribution < -0.4 is 0 Å². The number of carbonyl (C=O) groups is 1. The largest absolute Gasteiger partial charge is 0.298 e. The van der Waals surface area contributed by atoms with Gasteiger partial charge < -0.3 is 0 Å². The molecule has 1 heterocycles. The molecule has 1 aromatic heterocycles. The van der Waals surface area contributed by atoms with E-state index in [1.807, 2.05) is 20.8 Å². The highest BCUT2D eigenvalue weighted by atomic mass is 19.1. The maximum Gasteiger partial charge on any atom is 0.152 e. The van der Waals surface area contributed by atoms with E-state index in [0.717, 1.165) is 17.0 Å². The average molecular weight is 232 g/mol. The van der Waals surface area contributed by atoms with Crippen molar-refractivity contribution in [3.63, 3.8) is 0 Å². The molecule has 88 valence electrons. The molecule has 0 radical (unpaired) electrons. The quantitative estimate of drug-likeness (QED) is 0.746. The van der Waals surface area contributed by atoms with Crippen LogP contribution in [0, 0.1) is 26.6 Å². The molecule has 0 saturated heterocycles. The number of aromatic nitrogens is 2. The predicted octanol–water partition coefficient (Wildman–Crippen LogP) is 2.75. The Labute approximate surface area is 98.9 Å². The summed E-state index contributed by atoms with van der Waals surface area (Å²) in [5, 5.41) is 4.27. The second kappa shape index (κ2) is 4.13. The van der Waals surface area contributed by atoms with E-state index in [0.29, 0.717) is 11.8 Å². The van der Waals surface area contributed by atoms with Crippen LogP contribution in [-0.2, 0) is 0 Å². The molecule has 0 fully saturated rings. The summed E-state index contributed by atoms with van der Waals surface area (Å²) in [5.74, 6) is -0.444. The molecule has 0 aliphatic rings. The molecule has 2 aromatic rings.